The van der Waals surface area contributed by atoms with Gasteiger partial charge in [-0.1, -0.05) is 20.8 Å². The van der Waals surface area contributed by atoms with Crippen LogP contribution < -0.4 is 0 Å². The van der Waals surface area contributed by atoms with E-state index in [0.717, 1.165) is 11.3 Å². The van der Waals surface area contributed by atoms with Gasteiger partial charge in [0.1, 0.15) is 11.8 Å². The summed E-state index contributed by atoms with van der Waals surface area (Å²) >= 11 is 0. The quantitative estimate of drug-likeness (QED) is 0.783. The second-order valence-corrected chi connectivity index (χ2v) is 7.87. The zero-order valence-corrected chi connectivity index (χ0v) is 13.0. The minimum atomic E-state index is -0.398. The Labute approximate surface area is 112 Å². The molecule has 3 nitrogen and oxygen atoms in total. The molecule has 0 aliphatic carbocycles. The molecule has 0 unspecified atom stereocenters. The molecule has 0 atom stereocenters. The lowest BCUT2D eigenvalue weighted by molar-refractivity contribution is 0.109. The molecule has 0 spiro atoms. The summed E-state index contributed by atoms with van der Waals surface area (Å²) in [5.74, 6) is 0. The summed E-state index contributed by atoms with van der Waals surface area (Å²) < 4.78 is 6.03. The number of nitriles is 1. The summed E-state index contributed by atoms with van der Waals surface area (Å²) in [7, 11) is 0.409. The fraction of sp³-hybridized carbons (Fsp3) is 0.571. The van der Waals surface area contributed by atoms with E-state index in [2.05, 4.69) is 31.8 Å². The van der Waals surface area contributed by atoms with Crippen LogP contribution in [0.2, 0.25) is 5.04 Å². The summed E-state index contributed by atoms with van der Waals surface area (Å²) in [6, 6.07) is 5.87. The number of nitrogens with zero attached hydrogens (tertiary/aromatic N) is 2. The van der Waals surface area contributed by atoms with Crippen LogP contribution in [0.1, 0.15) is 51.6 Å². The smallest absolute Gasteiger partial charge is 0.236 e. The number of hydrogen-bond donors (Lipinski definition) is 0. The first-order valence-electron chi connectivity index (χ1n) is 5.98. The van der Waals surface area contributed by atoms with Gasteiger partial charge in [-0.2, -0.15) is 5.26 Å². The normalized spacial score (nSPS) is 12.3. The standard InChI is InChI=1S/C14H20N2OSi/c1-10-7-11(8-12(9-15)16-10)14(5,6)17-18-13(2,3)4/h7-8H,1-6H3. The monoisotopic (exact) mass is 260 g/mol. The predicted octanol–water partition coefficient (Wildman–Crippen LogP) is 3.35. The highest BCUT2D eigenvalue weighted by Gasteiger charge is 2.26. The maximum atomic E-state index is 8.96. The summed E-state index contributed by atoms with van der Waals surface area (Å²) in [6.07, 6.45) is 0. The summed E-state index contributed by atoms with van der Waals surface area (Å²) in [4.78, 5) is 4.16. The third-order valence-corrected chi connectivity index (χ3v) is 3.60. The van der Waals surface area contributed by atoms with Gasteiger partial charge in [0.2, 0.25) is 9.76 Å². The summed E-state index contributed by atoms with van der Waals surface area (Å²) in [5.41, 5.74) is 1.90. The maximum absolute atomic E-state index is 8.96. The lowest BCUT2D eigenvalue weighted by Crippen LogP contribution is -2.28. The molecule has 1 aromatic rings. The van der Waals surface area contributed by atoms with Crippen LogP contribution >= 0.6 is 0 Å². The first-order chi connectivity index (χ1) is 8.14. The Morgan fingerprint density at radius 3 is 2.33 bits per heavy atom. The Bertz CT molecular complexity index is 470. The number of hydrogen-bond acceptors (Lipinski definition) is 3. The molecular weight excluding hydrogens is 240 g/mol. The second kappa shape index (κ2) is 5.21. The predicted molar refractivity (Wildman–Crippen MR) is 73.3 cm³/mol. The molecule has 0 saturated carbocycles. The van der Waals surface area contributed by atoms with E-state index in [1.54, 1.807) is 6.07 Å². The molecule has 2 radical (unpaired) electrons. The first-order valence-corrected chi connectivity index (χ1v) is 6.89. The Hall–Kier alpha value is -1.18. The fourth-order valence-corrected chi connectivity index (χ4v) is 2.09. The molecule has 0 amide bonds. The van der Waals surface area contributed by atoms with Crippen LogP contribution in [0.25, 0.3) is 0 Å². The van der Waals surface area contributed by atoms with Gasteiger partial charge in [0, 0.05) is 5.69 Å². The second-order valence-electron chi connectivity index (χ2n) is 5.96. The van der Waals surface area contributed by atoms with Gasteiger partial charge >= 0.3 is 0 Å². The van der Waals surface area contributed by atoms with Crippen molar-refractivity contribution in [1.29, 1.82) is 5.26 Å². The van der Waals surface area contributed by atoms with Crippen molar-refractivity contribution in [2.75, 3.05) is 0 Å². The van der Waals surface area contributed by atoms with Crippen LogP contribution in [0.5, 0.6) is 0 Å². The SMILES string of the molecule is Cc1cc(C(C)(C)O[Si]C(C)(C)C)cc(C#N)n1. The Morgan fingerprint density at radius 2 is 1.83 bits per heavy atom. The van der Waals surface area contributed by atoms with E-state index >= 15 is 0 Å². The molecule has 18 heavy (non-hydrogen) atoms. The Morgan fingerprint density at radius 1 is 1.22 bits per heavy atom. The van der Waals surface area contributed by atoms with E-state index < -0.39 is 5.60 Å². The topological polar surface area (TPSA) is 45.9 Å². The molecule has 4 heteroatoms. The minimum Gasteiger partial charge on any atom is -0.408 e. The Kier molecular flexibility index (Phi) is 4.31. The third-order valence-electron chi connectivity index (χ3n) is 2.38. The maximum Gasteiger partial charge on any atom is 0.236 e. The molecule has 0 N–H and O–H groups in total. The molecule has 0 fully saturated rings. The highest BCUT2D eigenvalue weighted by atomic mass is 28.2. The number of aryl methyl sites for hydroxylation is 1. The highest BCUT2D eigenvalue weighted by Crippen LogP contribution is 2.29. The molecular formula is C14H20N2OSi. The van der Waals surface area contributed by atoms with Gasteiger partial charge < -0.3 is 4.43 Å². The first kappa shape index (κ1) is 14.9. The number of pyridine rings is 1. The van der Waals surface area contributed by atoms with E-state index in [4.69, 9.17) is 9.69 Å². The average Bonchev–Trinajstić information content (AvgIpc) is 2.25. The van der Waals surface area contributed by atoms with E-state index in [9.17, 15) is 0 Å². The molecule has 0 aliphatic heterocycles. The number of aromatic nitrogens is 1. The fourth-order valence-electron chi connectivity index (χ4n) is 1.41. The summed E-state index contributed by atoms with van der Waals surface area (Å²) in [5, 5.41) is 9.11. The van der Waals surface area contributed by atoms with Crippen LogP contribution in [0.4, 0.5) is 0 Å². The van der Waals surface area contributed by atoms with E-state index in [1.807, 2.05) is 26.8 Å². The van der Waals surface area contributed by atoms with Crippen molar-refractivity contribution in [3.05, 3.63) is 29.1 Å². The minimum absolute atomic E-state index is 0.150. The van der Waals surface area contributed by atoms with E-state index in [1.165, 1.54) is 0 Å². The van der Waals surface area contributed by atoms with Crippen molar-refractivity contribution in [1.82, 2.24) is 4.98 Å². The van der Waals surface area contributed by atoms with Crippen LogP contribution in [-0.2, 0) is 10.0 Å². The van der Waals surface area contributed by atoms with Gasteiger partial charge in [-0.25, -0.2) is 4.98 Å². The molecule has 96 valence electrons. The Balaban J connectivity index is 2.98. The van der Waals surface area contributed by atoms with Gasteiger partial charge in [-0.05, 0) is 43.5 Å². The van der Waals surface area contributed by atoms with Gasteiger partial charge in [-0.15, -0.1) is 0 Å². The zero-order chi connectivity index (χ0) is 14.0. The van der Waals surface area contributed by atoms with Crippen molar-refractivity contribution in [2.45, 2.75) is 52.2 Å². The van der Waals surface area contributed by atoms with Crippen molar-refractivity contribution in [3.63, 3.8) is 0 Å². The number of rotatable bonds is 3. The third kappa shape index (κ3) is 4.24. The van der Waals surface area contributed by atoms with E-state index in [-0.39, 0.29) is 5.04 Å². The van der Waals surface area contributed by atoms with E-state index in [0.29, 0.717) is 15.5 Å². The molecule has 0 aliphatic rings. The van der Waals surface area contributed by atoms with Gasteiger partial charge in [0.25, 0.3) is 0 Å². The molecule has 1 heterocycles. The largest absolute Gasteiger partial charge is 0.408 e. The lowest BCUT2D eigenvalue weighted by Gasteiger charge is -2.29. The van der Waals surface area contributed by atoms with Crippen LogP contribution in [0.3, 0.4) is 0 Å². The van der Waals surface area contributed by atoms with Crippen molar-refractivity contribution < 1.29 is 4.43 Å². The molecule has 0 saturated heterocycles. The van der Waals surface area contributed by atoms with Gasteiger partial charge in [-0.3, -0.25) is 0 Å². The zero-order valence-electron chi connectivity index (χ0n) is 12.0. The van der Waals surface area contributed by atoms with Crippen LogP contribution in [0.15, 0.2) is 12.1 Å². The van der Waals surface area contributed by atoms with Crippen LogP contribution in [0, 0.1) is 18.3 Å². The highest BCUT2D eigenvalue weighted by molar-refractivity contribution is 6.31. The molecule has 1 rings (SSSR count). The molecule has 1 aromatic heterocycles. The van der Waals surface area contributed by atoms with Crippen molar-refractivity contribution in [2.24, 2.45) is 0 Å². The van der Waals surface area contributed by atoms with Gasteiger partial charge in [0.15, 0.2) is 0 Å². The van der Waals surface area contributed by atoms with Gasteiger partial charge in [0.05, 0.1) is 5.60 Å². The molecule has 0 bridgehead atoms. The van der Waals surface area contributed by atoms with Crippen molar-refractivity contribution in [3.8, 4) is 6.07 Å². The van der Waals surface area contributed by atoms with Crippen LogP contribution in [-0.4, -0.2) is 14.7 Å². The summed E-state index contributed by atoms with van der Waals surface area (Å²) in [6.45, 7) is 12.4. The average molecular weight is 260 g/mol. The molecule has 0 aromatic carbocycles. The van der Waals surface area contributed by atoms with Crippen molar-refractivity contribution >= 4 is 9.76 Å². The lowest BCUT2D eigenvalue weighted by atomic mass is 9.98.